The summed E-state index contributed by atoms with van der Waals surface area (Å²) in [5.41, 5.74) is 2.87. The van der Waals surface area contributed by atoms with Gasteiger partial charge in [-0.3, -0.25) is 4.79 Å². The molecule has 1 N–H and O–H groups in total. The van der Waals surface area contributed by atoms with Crippen molar-refractivity contribution in [2.75, 3.05) is 13.1 Å². The van der Waals surface area contributed by atoms with Crippen molar-refractivity contribution in [1.29, 1.82) is 0 Å². The van der Waals surface area contributed by atoms with E-state index >= 15 is 0 Å². The second-order valence-corrected chi connectivity index (χ2v) is 6.62. The fraction of sp³-hybridized carbons (Fsp3) is 0.444. The molecule has 2 atom stereocenters. The number of rotatable bonds is 2. The van der Waals surface area contributed by atoms with Crippen LogP contribution in [-0.4, -0.2) is 41.1 Å². The van der Waals surface area contributed by atoms with Gasteiger partial charge in [0.05, 0.1) is 0 Å². The molecule has 24 heavy (non-hydrogen) atoms. The summed E-state index contributed by atoms with van der Waals surface area (Å²) in [6, 6.07) is 10.8. The third kappa shape index (κ3) is 3.32. The molecule has 1 amide bonds. The number of hydrogen-bond donors (Lipinski definition) is 1. The summed E-state index contributed by atoms with van der Waals surface area (Å²) >= 11 is 0. The molecule has 2 aliphatic heterocycles. The van der Waals surface area contributed by atoms with E-state index in [1.54, 1.807) is 6.07 Å². The van der Waals surface area contributed by atoms with Gasteiger partial charge in [0.15, 0.2) is 0 Å². The normalized spacial score (nSPS) is 22.8. The van der Waals surface area contributed by atoms with Gasteiger partial charge in [-0.25, -0.2) is 0 Å². The third-order valence-corrected chi connectivity index (χ3v) is 4.88. The Morgan fingerprint density at radius 1 is 1.21 bits per heavy atom. The van der Waals surface area contributed by atoms with Crippen LogP contribution in [0.4, 0.5) is 0 Å². The smallest absolute Gasteiger partial charge is 0.292 e. The molecule has 0 radical (unpaired) electrons. The number of halogens is 1. The number of nitrogens with zero attached hydrogens (tertiary/aromatic N) is 2. The molecule has 128 valence electrons. The number of carbonyl (C=O) groups excluding carboxylic acids is 1. The zero-order chi connectivity index (χ0) is 15.8. The Morgan fingerprint density at radius 3 is 2.75 bits per heavy atom. The van der Waals surface area contributed by atoms with E-state index in [2.05, 4.69) is 10.5 Å². The monoisotopic (exact) mass is 347 g/mol. The summed E-state index contributed by atoms with van der Waals surface area (Å²) < 4.78 is 5.32. The number of nitrogens with one attached hydrogen (secondary N) is 1. The van der Waals surface area contributed by atoms with Crippen molar-refractivity contribution in [2.45, 2.75) is 38.3 Å². The summed E-state index contributed by atoms with van der Waals surface area (Å²) in [5.74, 6) is 0.281. The van der Waals surface area contributed by atoms with Gasteiger partial charge in [-0.2, -0.15) is 0 Å². The van der Waals surface area contributed by atoms with Gasteiger partial charge in [-0.05, 0) is 26.2 Å². The maximum atomic E-state index is 12.7. The Bertz CT molecular complexity index is 713. The quantitative estimate of drug-likeness (QED) is 0.907. The van der Waals surface area contributed by atoms with Gasteiger partial charge in [0.25, 0.3) is 5.91 Å². The van der Waals surface area contributed by atoms with Gasteiger partial charge in [0, 0.05) is 36.8 Å². The lowest BCUT2D eigenvalue weighted by Crippen LogP contribution is -2.38. The molecule has 0 saturated carbocycles. The highest BCUT2D eigenvalue weighted by molar-refractivity contribution is 5.92. The molecular formula is C18H22ClN3O2. The molecule has 0 spiro atoms. The first-order valence-corrected chi connectivity index (χ1v) is 8.28. The van der Waals surface area contributed by atoms with E-state index in [9.17, 15) is 4.79 Å². The van der Waals surface area contributed by atoms with Crippen LogP contribution < -0.4 is 5.32 Å². The Balaban J connectivity index is 0.00000169. The highest BCUT2D eigenvalue weighted by atomic mass is 35.5. The highest BCUT2D eigenvalue weighted by Crippen LogP contribution is 2.24. The van der Waals surface area contributed by atoms with Gasteiger partial charge in [0.2, 0.25) is 5.76 Å². The molecule has 3 heterocycles. The summed E-state index contributed by atoms with van der Waals surface area (Å²) in [4.78, 5) is 14.6. The van der Waals surface area contributed by atoms with Crippen molar-refractivity contribution >= 4 is 18.3 Å². The lowest BCUT2D eigenvalue weighted by molar-refractivity contribution is 0.0706. The zero-order valence-electron chi connectivity index (χ0n) is 13.7. The number of fused-ring (bicyclic) bond motifs is 2. The Kier molecular flexibility index (Phi) is 4.92. The molecular weight excluding hydrogens is 326 g/mol. The number of hydrogen-bond acceptors (Lipinski definition) is 4. The van der Waals surface area contributed by atoms with Crippen molar-refractivity contribution in [2.24, 2.45) is 0 Å². The molecule has 1 aromatic heterocycles. The molecule has 2 saturated heterocycles. The average molecular weight is 348 g/mol. The second kappa shape index (κ2) is 6.95. The molecule has 2 bridgehead atoms. The predicted molar refractivity (Wildman–Crippen MR) is 94.4 cm³/mol. The fourth-order valence-electron chi connectivity index (χ4n) is 3.52. The Morgan fingerprint density at radius 2 is 1.96 bits per heavy atom. The molecule has 1 aromatic carbocycles. The summed E-state index contributed by atoms with van der Waals surface area (Å²) in [6.07, 6.45) is 3.40. The Hall–Kier alpha value is -1.85. The molecule has 2 aromatic rings. The largest absolute Gasteiger partial charge is 0.350 e. The van der Waals surface area contributed by atoms with Crippen LogP contribution in [0.5, 0.6) is 0 Å². The van der Waals surface area contributed by atoms with E-state index < -0.39 is 0 Å². The SMILES string of the molecule is Cc1ccc(-c2cc(C(=O)N3CCC4CCC(C3)N4)on2)cc1.Cl. The second-order valence-electron chi connectivity index (χ2n) is 6.62. The minimum Gasteiger partial charge on any atom is -0.350 e. The minimum atomic E-state index is -0.0507. The summed E-state index contributed by atoms with van der Waals surface area (Å²) in [5, 5.41) is 7.65. The van der Waals surface area contributed by atoms with Crippen molar-refractivity contribution in [3.05, 3.63) is 41.7 Å². The van der Waals surface area contributed by atoms with E-state index in [-0.39, 0.29) is 18.3 Å². The average Bonchev–Trinajstić information content (AvgIpc) is 3.14. The first-order valence-electron chi connectivity index (χ1n) is 8.28. The van der Waals surface area contributed by atoms with Crippen LogP contribution in [0, 0.1) is 6.92 Å². The summed E-state index contributed by atoms with van der Waals surface area (Å²) in [6.45, 7) is 3.59. The van der Waals surface area contributed by atoms with Crippen LogP contribution in [-0.2, 0) is 0 Å². The predicted octanol–water partition coefficient (Wildman–Crippen LogP) is 3.04. The van der Waals surface area contributed by atoms with Crippen molar-refractivity contribution in [3.8, 4) is 11.3 Å². The maximum absolute atomic E-state index is 12.7. The molecule has 4 rings (SSSR count). The fourth-order valence-corrected chi connectivity index (χ4v) is 3.52. The first kappa shape index (κ1) is 17.0. The first-order chi connectivity index (χ1) is 11.2. The maximum Gasteiger partial charge on any atom is 0.292 e. The molecule has 5 nitrogen and oxygen atoms in total. The standard InChI is InChI=1S/C18H21N3O2.ClH/c1-12-2-4-13(5-3-12)16-10-17(23-20-16)18(22)21-9-8-14-6-7-15(11-21)19-14;/h2-5,10,14-15,19H,6-9,11H2,1H3;1H. The Labute approximate surface area is 147 Å². The van der Waals surface area contributed by atoms with Crippen LogP contribution >= 0.6 is 12.4 Å². The topological polar surface area (TPSA) is 58.4 Å². The van der Waals surface area contributed by atoms with Gasteiger partial charge in [-0.15, -0.1) is 12.4 Å². The van der Waals surface area contributed by atoms with Crippen LogP contribution in [0.2, 0.25) is 0 Å². The van der Waals surface area contributed by atoms with Crippen LogP contribution in [0.25, 0.3) is 11.3 Å². The van der Waals surface area contributed by atoms with Crippen LogP contribution in [0.3, 0.4) is 0 Å². The zero-order valence-corrected chi connectivity index (χ0v) is 14.5. The van der Waals surface area contributed by atoms with E-state index in [0.29, 0.717) is 23.5 Å². The summed E-state index contributed by atoms with van der Waals surface area (Å²) in [7, 11) is 0. The number of amides is 1. The van der Waals surface area contributed by atoms with Crippen LogP contribution in [0.15, 0.2) is 34.9 Å². The molecule has 2 fully saturated rings. The number of benzene rings is 1. The number of likely N-dealkylation sites (tertiary alicyclic amines) is 1. The van der Waals surface area contributed by atoms with E-state index in [4.69, 9.17) is 4.52 Å². The lowest BCUT2D eigenvalue weighted by atomic mass is 10.1. The number of aryl methyl sites for hydroxylation is 1. The third-order valence-electron chi connectivity index (χ3n) is 4.88. The van der Waals surface area contributed by atoms with E-state index in [0.717, 1.165) is 31.5 Å². The molecule has 0 aliphatic carbocycles. The number of carbonyl (C=O) groups is 1. The highest BCUT2D eigenvalue weighted by Gasteiger charge is 2.32. The molecule has 2 aliphatic rings. The van der Waals surface area contributed by atoms with Crippen molar-refractivity contribution in [3.63, 3.8) is 0 Å². The lowest BCUT2D eigenvalue weighted by Gasteiger charge is -2.22. The van der Waals surface area contributed by atoms with Crippen LogP contribution in [0.1, 0.15) is 35.4 Å². The molecule has 6 heteroatoms. The number of aromatic nitrogens is 1. The van der Waals surface area contributed by atoms with Gasteiger partial charge >= 0.3 is 0 Å². The molecule has 2 unspecified atom stereocenters. The van der Waals surface area contributed by atoms with Crippen molar-refractivity contribution < 1.29 is 9.32 Å². The van der Waals surface area contributed by atoms with Gasteiger partial charge in [-0.1, -0.05) is 35.0 Å². The van der Waals surface area contributed by atoms with E-state index in [1.807, 2.05) is 36.1 Å². The van der Waals surface area contributed by atoms with E-state index in [1.165, 1.54) is 12.0 Å². The van der Waals surface area contributed by atoms with Gasteiger partial charge in [0.1, 0.15) is 5.69 Å². The van der Waals surface area contributed by atoms with Crippen molar-refractivity contribution in [1.82, 2.24) is 15.4 Å². The minimum absolute atomic E-state index is 0. The van der Waals surface area contributed by atoms with Gasteiger partial charge < -0.3 is 14.7 Å².